The lowest BCUT2D eigenvalue weighted by atomic mass is 10.0. The number of alkyl halides is 1. The lowest BCUT2D eigenvalue weighted by Crippen LogP contribution is -1.94. The topological polar surface area (TPSA) is 0 Å². The summed E-state index contributed by atoms with van der Waals surface area (Å²) in [5.41, 5.74) is 3.45. The normalized spacial score (nSPS) is 12.5. The zero-order chi connectivity index (χ0) is 12.4. The number of hydrogen-bond acceptors (Lipinski definition) is 0. The average molecular weight is 330 g/mol. The highest BCUT2D eigenvalue weighted by atomic mass is 79.9. The van der Waals surface area contributed by atoms with Gasteiger partial charge in [0, 0.05) is 10.0 Å². The van der Waals surface area contributed by atoms with Crippen LogP contribution in [-0.2, 0) is 0 Å². The van der Waals surface area contributed by atoms with E-state index in [1.165, 1.54) is 11.1 Å². The van der Waals surface area contributed by atoms with Crippen LogP contribution in [0.4, 0.5) is 0 Å². The van der Waals surface area contributed by atoms with Crippen molar-refractivity contribution in [3.8, 4) is 0 Å². The van der Waals surface area contributed by atoms with Gasteiger partial charge in [0.25, 0.3) is 0 Å². The van der Waals surface area contributed by atoms with Crippen molar-refractivity contribution in [3.05, 3.63) is 69.2 Å². The van der Waals surface area contributed by atoms with Gasteiger partial charge >= 0.3 is 0 Å². The van der Waals surface area contributed by atoms with Gasteiger partial charge in [-0.2, -0.15) is 0 Å². The molecule has 0 N–H and O–H groups in total. The van der Waals surface area contributed by atoms with Crippen LogP contribution in [0.5, 0.6) is 0 Å². The van der Waals surface area contributed by atoms with Gasteiger partial charge in [-0.15, -0.1) is 0 Å². The van der Waals surface area contributed by atoms with Crippen molar-refractivity contribution in [2.75, 3.05) is 0 Å². The highest BCUT2D eigenvalue weighted by Crippen LogP contribution is 2.36. The van der Waals surface area contributed by atoms with E-state index in [9.17, 15) is 0 Å². The highest BCUT2D eigenvalue weighted by Gasteiger charge is 2.13. The monoisotopic (exact) mass is 328 g/mol. The largest absolute Gasteiger partial charge is 0.0843 e. The van der Waals surface area contributed by atoms with Crippen LogP contribution in [0, 0.1) is 6.92 Å². The third-order valence-corrected chi connectivity index (χ3v) is 4.15. The Morgan fingerprint density at radius 3 is 2.47 bits per heavy atom. The van der Waals surface area contributed by atoms with Crippen LogP contribution < -0.4 is 0 Å². The molecular weight excluding hydrogens is 319 g/mol. The van der Waals surface area contributed by atoms with Crippen LogP contribution in [0.15, 0.2) is 42.5 Å². The van der Waals surface area contributed by atoms with E-state index in [0.29, 0.717) is 10.0 Å². The third kappa shape index (κ3) is 3.04. The predicted molar refractivity (Wildman–Crippen MR) is 78.4 cm³/mol. The Morgan fingerprint density at radius 2 is 1.82 bits per heavy atom. The molecule has 0 nitrogen and oxygen atoms in total. The Bertz CT molecular complexity index is 537. The molecule has 0 radical (unpaired) electrons. The SMILES string of the molecule is Cc1cccc(C(Br)c2ccc(Cl)cc2Cl)c1. The first-order chi connectivity index (χ1) is 8.08. The molecule has 0 aliphatic carbocycles. The van der Waals surface area contributed by atoms with Gasteiger partial charge in [-0.25, -0.2) is 0 Å². The highest BCUT2D eigenvalue weighted by molar-refractivity contribution is 9.09. The summed E-state index contributed by atoms with van der Waals surface area (Å²) in [5.74, 6) is 0. The Hall–Kier alpha value is -0.500. The van der Waals surface area contributed by atoms with Crippen molar-refractivity contribution in [1.82, 2.24) is 0 Å². The predicted octanol–water partition coefficient (Wildman–Crippen LogP) is 5.79. The Morgan fingerprint density at radius 1 is 1.06 bits per heavy atom. The molecule has 0 heterocycles. The lowest BCUT2D eigenvalue weighted by Gasteiger charge is -2.13. The summed E-state index contributed by atoms with van der Waals surface area (Å²) in [6.45, 7) is 2.08. The second-order valence-electron chi connectivity index (χ2n) is 3.94. The number of hydrogen-bond donors (Lipinski definition) is 0. The van der Waals surface area contributed by atoms with Gasteiger partial charge < -0.3 is 0 Å². The first-order valence-corrected chi connectivity index (χ1v) is 6.90. The van der Waals surface area contributed by atoms with Gasteiger partial charge in [0.05, 0.1) is 4.83 Å². The molecule has 0 spiro atoms. The van der Waals surface area contributed by atoms with Gasteiger partial charge in [0.1, 0.15) is 0 Å². The molecule has 17 heavy (non-hydrogen) atoms. The van der Waals surface area contributed by atoms with Crippen molar-refractivity contribution < 1.29 is 0 Å². The smallest absolute Gasteiger partial charge is 0.0659 e. The van der Waals surface area contributed by atoms with E-state index in [1.54, 1.807) is 6.07 Å². The van der Waals surface area contributed by atoms with Crippen LogP contribution in [0.3, 0.4) is 0 Å². The fourth-order valence-corrected chi connectivity index (χ4v) is 3.05. The molecule has 0 amide bonds. The standard InChI is InChI=1S/C14H11BrCl2/c1-9-3-2-4-10(7-9)14(15)12-6-5-11(16)8-13(12)17/h2-8,14H,1H3. The zero-order valence-electron chi connectivity index (χ0n) is 9.25. The number of aryl methyl sites for hydroxylation is 1. The summed E-state index contributed by atoms with van der Waals surface area (Å²) in [6.07, 6.45) is 0. The average Bonchev–Trinajstić information content (AvgIpc) is 2.28. The lowest BCUT2D eigenvalue weighted by molar-refractivity contribution is 1.17. The van der Waals surface area contributed by atoms with E-state index in [1.807, 2.05) is 18.2 Å². The van der Waals surface area contributed by atoms with Crippen LogP contribution in [0.25, 0.3) is 0 Å². The van der Waals surface area contributed by atoms with E-state index in [4.69, 9.17) is 23.2 Å². The summed E-state index contributed by atoms with van der Waals surface area (Å²) in [4.78, 5) is 0.0900. The molecule has 2 aromatic rings. The van der Waals surface area contributed by atoms with Crippen molar-refractivity contribution in [1.29, 1.82) is 0 Å². The number of halogens is 3. The quantitative estimate of drug-likeness (QED) is 0.612. The van der Waals surface area contributed by atoms with Crippen LogP contribution in [0.1, 0.15) is 21.5 Å². The number of benzene rings is 2. The van der Waals surface area contributed by atoms with Crippen LogP contribution in [0.2, 0.25) is 10.0 Å². The van der Waals surface area contributed by atoms with Crippen LogP contribution in [-0.4, -0.2) is 0 Å². The fraction of sp³-hybridized carbons (Fsp3) is 0.143. The Balaban J connectivity index is 2.40. The molecule has 0 aromatic heterocycles. The van der Waals surface area contributed by atoms with Crippen LogP contribution >= 0.6 is 39.1 Å². The molecule has 3 heteroatoms. The minimum atomic E-state index is 0.0900. The molecule has 0 saturated carbocycles. The summed E-state index contributed by atoms with van der Waals surface area (Å²) < 4.78 is 0. The molecule has 1 atom stereocenters. The molecule has 1 unspecified atom stereocenters. The van der Waals surface area contributed by atoms with E-state index >= 15 is 0 Å². The summed E-state index contributed by atoms with van der Waals surface area (Å²) in [5, 5.41) is 1.34. The molecule has 88 valence electrons. The first kappa shape index (κ1) is 12.9. The maximum atomic E-state index is 6.20. The third-order valence-electron chi connectivity index (χ3n) is 2.57. The molecule has 0 fully saturated rings. The van der Waals surface area contributed by atoms with E-state index in [-0.39, 0.29) is 4.83 Å². The van der Waals surface area contributed by atoms with Gasteiger partial charge in [-0.05, 0) is 30.2 Å². The Kier molecular flexibility index (Phi) is 4.13. The van der Waals surface area contributed by atoms with Crippen molar-refractivity contribution in [3.63, 3.8) is 0 Å². The molecular formula is C14H11BrCl2. The van der Waals surface area contributed by atoms with E-state index < -0.39 is 0 Å². The van der Waals surface area contributed by atoms with Gasteiger partial charge in [0.2, 0.25) is 0 Å². The molecule has 0 saturated heterocycles. The first-order valence-electron chi connectivity index (χ1n) is 5.23. The van der Waals surface area contributed by atoms with Gasteiger partial charge in [-0.3, -0.25) is 0 Å². The van der Waals surface area contributed by atoms with Crippen molar-refractivity contribution in [2.45, 2.75) is 11.8 Å². The van der Waals surface area contributed by atoms with Crippen molar-refractivity contribution >= 4 is 39.1 Å². The van der Waals surface area contributed by atoms with E-state index in [0.717, 1.165) is 5.56 Å². The summed E-state index contributed by atoms with van der Waals surface area (Å²) in [7, 11) is 0. The second kappa shape index (κ2) is 5.43. The minimum absolute atomic E-state index is 0.0900. The molecule has 2 rings (SSSR count). The van der Waals surface area contributed by atoms with E-state index in [2.05, 4.69) is 41.1 Å². The van der Waals surface area contributed by atoms with Gasteiger partial charge in [0.15, 0.2) is 0 Å². The molecule has 0 aliphatic rings. The zero-order valence-corrected chi connectivity index (χ0v) is 12.4. The summed E-state index contributed by atoms with van der Waals surface area (Å²) >= 11 is 15.8. The summed E-state index contributed by atoms with van der Waals surface area (Å²) in [6, 6.07) is 13.9. The maximum Gasteiger partial charge on any atom is 0.0659 e. The molecule has 2 aromatic carbocycles. The second-order valence-corrected chi connectivity index (χ2v) is 5.70. The Labute approximate surface area is 120 Å². The maximum absolute atomic E-state index is 6.20. The molecule has 0 aliphatic heterocycles. The minimum Gasteiger partial charge on any atom is -0.0843 e. The fourth-order valence-electron chi connectivity index (χ4n) is 1.71. The van der Waals surface area contributed by atoms with Gasteiger partial charge in [-0.1, -0.05) is 75.0 Å². The number of rotatable bonds is 2. The molecule has 0 bridgehead atoms. The van der Waals surface area contributed by atoms with Crippen molar-refractivity contribution in [2.24, 2.45) is 0 Å².